The predicted molar refractivity (Wildman–Crippen MR) is 73.6 cm³/mol. The summed E-state index contributed by atoms with van der Waals surface area (Å²) in [6.45, 7) is -0.215. The third-order valence-electron chi connectivity index (χ3n) is 2.65. The van der Waals surface area contributed by atoms with Gasteiger partial charge in [-0.1, -0.05) is 11.6 Å². The van der Waals surface area contributed by atoms with E-state index < -0.39 is 10.0 Å². The molecule has 0 spiro atoms. The molecule has 7 heteroatoms. The molecular weight excluding hydrogens is 288 g/mol. The summed E-state index contributed by atoms with van der Waals surface area (Å²) in [6.07, 6.45) is 1.45. The standard InChI is InChI=1S/C12H13ClN2O3S/c1-15-7-12(6-11(15)8-16)19(17,18)14-10-4-2-9(13)3-5-10/h2-7,14,16H,8H2,1H3. The summed E-state index contributed by atoms with van der Waals surface area (Å²) in [4.78, 5) is 0.106. The summed E-state index contributed by atoms with van der Waals surface area (Å²) in [5, 5.41) is 9.60. The number of halogens is 1. The van der Waals surface area contributed by atoms with Gasteiger partial charge in [0.05, 0.1) is 6.61 Å². The Hall–Kier alpha value is -1.50. The van der Waals surface area contributed by atoms with Crippen LogP contribution >= 0.6 is 11.6 Å². The lowest BCUT2D eigenvalue weighted by Crippen LogP contribution is -2.12. The van der Waals surface area contributed by atoms with Crippen molar-refractivity contribution >= 4 is 27.3 Å². The normalized spacial score (nSPS) is 11.5. The maximum absolute atomic E-state index is 12.1. The van der Waals surface area contributed by atoms with E-state index in [2.05, 4.69) is 4.72 Å². The summed E-state index contributed by atoms with van der Waals surface area (Å²) in [6, 6.07) is 7.79. The van der Waals surface area contributed by atoms with Gasteiger partial charge in [-0.3, -0.25) is 4.72 Å². The zero-order valence-electron chi connectivity index (χ0n) is 10.2. The van der Waals surface area contributed by atoms with E-state index >= 15 is 0 Å². The maximum atomic E-state index is 12.1. The Labute approximate surface area is 116 Å². The number of anilines is 1. The van der Waals surface area contributed by atoms with Crippen LogP contribution in [0.3, 0.4) is 0 Å². The second-order valence-corrected chi connectivity index (χ2v) is 6.17. The molecule has 0 aliphatic heterocycles. The fourth-order valence-corrected chi connectivity index (χ4v) is 2.89. The first-order chi connectivity index (χ1) is 8.92. The van der Waals surface area contributed by atoms with Crippen LogP contribution in [0.5, 0.6) is 0 Å². The average Bonchev–Trinajstić information content (AvgIpc) is 2.74. The topological polar surface area (TPSA) is 71.3 Å². The molecule has 0 radical (unpaired) electrons. The Morgan fingerprint density at radius 2 is 1.95 bits per heavy atom. The van der Waals surface area contributed by atoms with E-state index in [0.29, 0.717) is 16.4 Å². The number of aliphatic hydroxyl groups is 1. The number of nitrogens with zero attached hydrogens (tertiary/aromatic N) is 1. The highest BCUT2D eigenvalue weighted by Gasteiger charge is 2.17. The van der Waals surface area contributed by atoms with Crippen LogP contribution in [0.2, 0.25) is 5.02 Å². The highest BCUT2D eigenvalue weighted by atomic mass is 35.5. The van der Waals surface area contributed by atoms with E-state index in [9.17, 15) is 8.42 Å². The van der Waals surface area contributed by atoms with Crippen molar-refractivity contribution in [2.24, 2.45) is 7.05 Å². The van der Waals surface area contributed by atoms with E-state index in [1.165, 1.54) is 12.3 Å². The van der Waals surface area contributed by atoms with Gasteiger partial charge in [-0.2, -0.15) is 0 Å². The minimum absolute atomic E-state index is 0.106. The smallest absolute Gasteiger partial charge is 0.263 e. The van der Waals surface area contributed by atoms with Crippen LogP contribution in [0.4, 0.5) is 5.69 Å². The van der Waals surface area contributed by atoms with Gasteiger partial charge in [-0.05, 0) is 30.3 Å². The van der Waals surface area contributed by atoms with Gasteiger partial charge < -0.3 is 9.67 Å². The summed E-state index contributed by atoms with van der Waals surface area (Å²) >= 11 is 5.73. The van der Waals surface area contributed by atoms with Crippen LogP contribution in [-0.4, -0.2) is 18.1 Å². The molecule has 2 N–H and O–H groups in total. The van der Waals surface area contributed by atoms with Gasteiger partial charge in [-0.15, -0.1) is 0 Å². The van der Waals surface area contributed by atoms with E-state index in [-0.39, 0.29) is 11.5 Å². The van der Waals surface area contributed by atoms with Crippen LogP contribution in [0.1, 0.15) is 5.69 Å². The summed E-state index contributed by atoms with van der Waals surface area (Å²) < 4.78 is 28.3. The Morgan fingerprint density at radius 3 is 2.47 bits per heavy atom. The Balaban J connectivity index is 2.29. The fourth-order valence-electron chi connectivity index (χ4n) is 1.61. The molecule has 0 bridgehead atoms. The number of hydrogen-bond acceptors (Lipinski definition) is 3. The molecule has 0 amide bonds. The fraction of sp³-hybridized carbons (Fsp3) is 0.167. The van der Waals surface area contributed by atoms with Gasteiger partial charge in [0.25, 0.3) is 10.0 Å². The minimum atomic E-state index is -3.66. The average molecular weight is 301 g/mol. The zero-order chi connectivity index (χ0) is 14.0. The molecule has 0 aliphatic rings. The Morgan fingerprint density at radius 1 is 1.32 bits per heavy atom. The number of rotatable bonds is 4. The number of aliphatic hydroxyl groups excluding tert-OH is 1. The largest absolute Gasteiger partial charge is 0.390 e. The van der Waals surface area contributed by atoms with Crippen LogP contribution in [-0.2, 0) is 23.7 Å². The molecule has 0 unspecified atom stereocenters. The molecule has 1 aromatic heterocycles. The summed E-state index contributed by atoms with van der Waals surface area (Å²) in [5.74, 6) is 0. The van der Waals surface area contributed by atoms with Crippen molar-refractivity contribution in [3.05, 3.63) is 47.2 Å². The number of hydrogen-bond donors (Lipinski definition) is 2. The molecule has 0 atom stereocenters. The molecule has 0 fully saturated rings. The first-order valence-electron chi connectivity index (χ1n) is 5.47. The van der Waals surface area contributed by atoms with Crippen molar-refractivity contribution in [3.63, 3.8) is 0 Å². The van der Waals surface area contributed by atoms with Crippen molar-refractivity contribution < 1.29 is 13.5 Å². The maximum Gasteiger partial charge on any atom is 0.263 e. The molecular formula is C12H13ClN2O3S. The van der Waals surface area contributed by atoms with Gasteiger partial charge in [-0.25, -0.2) is 8.42 Å². The SMILES string of the molecule is Cn1cc(S(=O)(=O)Nc2ccc(Cl)cc2)cc1CO. The number of nitrogens with one attached hydrogen (secondary N) is 1. The highest BCUT2D eigenvalue weighted by Crippen LogP contribution is 2.19. The second-order valence-electron chi connectivity index (χ2n) is 4.05. The monoisotopic (exact) mass is 300 g/mol. The van der Waals surface area contributed by atoms with Crippen molar-refractivity contribution in [2.75, 3.05) is 4.72 Å². The molecule has 102 valence electrons. The lowest BCUT2D eigenvalue weighted by Gasteiger charge is -2.06. The van der Waals surface area contributed by atoms with E-state index in [1.807, 2.05) is 0 Å². The molecule has 5 nitrogen and oxygen atoms in total. The van der Waals surface area contributed by atoms with Crippen LogP contribution in [0, 0.1) is 0 Å². The van der Waals surface area contributed by atoms with Crippen molar-refractivity contribution in [1.82, 2.24) is 4.57 Å². The van der Waals surface area contributed by atoms with E-state index in [0.717, 1.165) is 0 Å². The van der Waals surface area contributed by atoms with Crippen LogP contribution in [0.25, 0.3) is 0 Å². The van der Waals surface area contributed by atoms with Gasteiger partial charge in [0.15, 0.2) is 0 Å². The zero-order valence-corrected chi connectivity index (χ0v) is 11.7. The number of sulfonamides is 1. The van der Waals surface area contributed by atoms with Crippen molar-refractivity contribution in [3.8, 4) is 0 Å². The van der Waals surface area contributed by atoms with Gasteiger partial charge in [0.2, 0.25) is 0 Å². The Kier molecular flexibility index (Phi) is 3.84. The molecule has 1 aromatic carbocycles. The van der Waals surface area contributed by atoms with Gasteiger partial charge >= 0.3 is 0 Å². The number of benzene rings is 1. The third kappa shape index (κ3) is 3.09. The van der Waals surface area contributed by atoms with Crippen LogP contribution in [0.15, 0.2) is 41.4 Å². The lowest BCUT2D eigenvalue weighted by molar-refractivity contribution is 0.272. The molecule has 2 rings (SSSR count). The second kappa shape index (κ2) is 5.24. The van der Waals surface area contributed by atoms with Gasteiger partial charge in [0, 0.05) is 29.6 Å². The van der Waals surface area contributed by atoms with E-state index in [1.54, 1.807) is 35.9 Å². The lowest BCUT2D eigenvalue weighted by atomic mass is 10.3. The molecule has 0 saturated carbocycles. The molecule has 0 saturated heterocycles. The quantitative estimate of drug-likeness (QED) is 0.907. The first-order valence-corrected chi connectivity index (χ1v) is 7.33. The minimum Gasteiger partial charge on any atom is -0.390 e. The van der Waals surface area contributed by atoms with Crippen molar-refractivity contribution in [2.45, 2.75) is 11.5 Å². The van der Waals surface area contributed by atoms with E-state index in [4.69, 9.17) is 16.7 Å². The third-order valence-corrected chi connectivity index (χ3v) is 4.25. The molecule has 0 aliphatic carbocycles. The summed E-state index contributed by atoms with van der Waals surface area (Å²) in [7, 11) is -1.99. The number of aromatic nitrogens is 1. The first kappa shape index (κ1) is 13.9. The molecule has 2 aromatic rings. The molecule has 1 heterocycles. The van der Waals surface area contributed by atoms with Crippen molar-refractivity contribution in [1.29, 1.82) is 0 Å². The Bertz CT molecular complexity index is 678. The number of aryl methyl sites for hydroxylation is 1. The van der Waals surface area contributed by atoms with Crippen LogP contribution < -0.4 is 4.72 Å². The summed E-state index contributed by atoms with van der Waals surface area (Å²) in [5.41, 5.74) is 0.954. The molecule has 19 heavy (non-hydrogen) atoms. The van der Waals surface area contributed by atoms with Gasteiger partial charge in [0.1, 0.15) is 4.90 Å². The predicted octanol–water partition coefficient (Wildman–Crippen LogP) is 1.97. The highest BCUT2D eigenvalue weighted by molar-refractivity contribution is 7.92.